The van der Waals surface area contributed by atoms with E-state index in [-0.39, 0.29) is 5.54 Å². The van der Waals surface area contributed by atoms with Crippen molar-refractivity contribution in [3.63, 3.8) is 0 Å². The quantitative estimate of drug-likeness (QED) is 0.654. The van der Waals surface area contributed by atoms with Gasteiger partial charge in [0.1, 0.15) is 0 Å². The molecule has 0 saturated heterocycles. The lowest BCUT2D eigenvalue weighted by atomic mass is 9.90. The van der Waals surface area contributed by atoms with Gasteiger partial charge in [-0.1, -0.05) is 32.4 Å². The Labute approximate surface area is 108 Å². The molecule has 0 fully saturated rings. The Kier molecular flexibility index (Phi) is 7.73. The number of allylic oxidation sites excluding steroid dienone is 1. The van der Waals surface area contributed by atoms with Crippen molar-refractivity contribution in [3.8, 4) is 0 Å². The minimum absolute atomic E-state index is 0.163. The van der Waals surface area contributed by atoms with E-state index in [0.29, 0.717) is 6.04 Å². The third-order valence-electron chi connectivity index (χ3n) is 3.45. The summed E-state index contributed by atoms with van der Waals surface area (Å²) in [6, 6.07) is 0.423. The zero-order valence-electron chi connectivity index (χ0n) is 12.9. The van der Waals surface area contributed by atoms with Gasteiger partial charge in [-0.2, -0.15) is 0 Å². The van der Waals surface area contributed by atoms with Crippen molar-refractivity contribution in [2.45, 2.75) is 66.5 Å². The zero-order valence-corrected chi connectivity index (χ0v) is 12.9. The molecule has 2 heteroatoms. The molecule has 0 aromatic rings. The van der Waals surface area contributed by atoms with E-state index in [1.165, 1.54) is 12.0 Å². The van der Waals surface area contributed by atoms with Gasteiger partial charge in [-0.25, -0.2) is 0 Å². The van der Waals surface area contributed by atoms with Crippen molar-refractivity contribution in [3.05, 3.63) is 11.6 Å². The van der Waals surface area contributed by atoms with Gasteiger partial charge >= 0.3 is 0 Å². The van der Waals surface area contributed by atoms with E-state index < -0.39 is 0 Å². The van der Waals surface area contributed by atoms with E-state index >= 15 is 0 Å². The largest absolute Gasteiger partial charge is 0.309 e. The highest BCUT2D eigenvalue weighted by atomic mass is 15.2. The molecule has 0 aliphatic rings. The maximum absolute atomic E-state index is 3.67. The molecule has 0 spiro atoms. The molecule has 0 aromatic heterocycles. The number of nitrogens with one attached hydrogen (secondary N) is 1. The normalized spacial score (nSPS) is 13.9. The van der Waals surface area contributed by atoms with E-state index in [1.807, 2.05) is 0 Å². The summed E-state index contributed by atoms with van der Waals surface area (Å²) < 4.78 is 0. The summed E-state index contributed by atoms with van der Waals surface area (Å²) in [5, 5.41) is 3.67. The molecule has 1 unspecified atom stereocenters. The Bertz CT molecular complexity index is 223. The summed E-state index contributed by atoms with van der Waals surface area (Å²) in [6.07, 6.45) is 3.55. The molecule has 2 nitrogen and oxygen atoms in total. The first-order valence-electron chi connectivity index (χ1n) is 7.03. The Morgan fingerprint density at radius 3 is 2.06 bits per heavy atom. The lowest BCUT2D eigenvalue weighted by molar-refractivity contribution is 0.108. The topological polar surface area (TPSA) is 15.3 Å². The number of hydrogen-bond acceptors (Lipinski definition) is 2. The average molecular weight is 240 g/mol. The predicted molar refractivity (Wildman–Crippen MR) is 78.5 cm³/mol. The molecule has 0 aliphatic heterocycles. The summed E-state index contributed by atoms with van der Waals surface area (Å²) >= 11 is 0. The van der Waals surface area contributed by atoms with Crippen molar-refractivity contribution >= 4 is 0 Å². The molecule has 0 bridgehead atoms. The smallest absolute Gasteiger partial charge is 0.0433 e. The van der Waals surface area contributed by atoms with E-state index in [2.05, 4.69) is 64.8 Å². The highest BCUT2D eigenvalue weighted by Gasteiger charge is 2.31. The average Bonchev–Trinajstić information content (AvgIpc) is 2.24. The fourth-order valence-corrected chi connectivity index (χ4v) is 2.38. The van der Waals surface area contributed by atoms with E-state index in [4.69, 9.17) is 0 Å². The van der Waals surface area contributed by atoms with Crippen molar-refractivity contribution in [2.24, 2.45) is 0 Å². The second-order valence-corrected chi connectivity index (χ2v) is 5.50. The molecular weight excluding hydrogens is 208 g/mol. The van der Waals surface area contributed by atoms with Gasteiger partial charge < -0.3 is 5.32 Å². The van der Waals surface area contributed by atoms with Crippen LogP contribution in [0.25, 0.3) is 0 Å². The van der Waals surface area contributed by atoms with Crippen LogP contribution in [0.4, 0.5) is 0 Å². The van der Waals surface area contributed by atoms with E-state index in [9.17, 15) is 0 Å². The van der Waals surface area contributed by atoms with E-state index in [1.54, 1.807) is 0 Å². The second-order valence-electron chi connectivity index (χ2n) is 5.50. The number of rotatable bonds is 8. The van der Waals surface area contributed by atoms with Crippen LogP contribution in [-0.2, 0) is 0 Å². The standard InChI is InChI=1S/C15H32N2/c1-8-11-16-14(12-13(4)5)15(6,7)17(9-2)10-3/h12,14,16H,8-11H2,1-7H3. The zero-order chi connectivity index (χ0) is 13.5. The summed E-state index contributed by atoms with van der Waals surface area (Å²) in [7, 11) is 0. The molecule has 102 valence electrons. The summed E-state index contributed by atoms with van der Waals surface area (Å²) in [4.78, 5) is 2.53. The van der Waals surface area contributed by atoms with Gasteiger partial charge in [0.15, 0.2) is 0 Å². The predicted octanol–water partition coefficient (Wildman–Crippen LogP) is 3.44. The molecule has 0 aromatic carbocycles. The highest BCUT2D eigenvalue weighted by molar-refractivity contribution is 5.09. The van der Waals surface area contributed by atoms with Crippen LogP contribution in [0.5, 0.6) is 0 Å². The molecule has 0 radical (unpaired) electrons. The van der Waals surface area contributed by atoms with Gasteiger partial charge in [0, 0.05) is 11.6 Å². The molecule has 0 aliphatic carbocycles. The number of nitrogens with zero attached hydrogens (tertiary/aromatic N) is 1. The first-order chi connectivity index (χ1) is 7.89. The first-order valence-corrected chi connectivity index (χ1v) is 7.03. The molecule has 0 amide bonds. The minimum atomic E-state index is 0.163. The van der Waals surface area contributed by atoms with Crippen LogP contribution in [-0.4, -0.2) is 36.1 Å². The van der Waals surface area contributed by atoms with Gasteiger partial charge in [-0.05, 0) is 53.8 Å². The van der Waals surface area contributed by atoms with Crippen molar-refractivity contribution < 1.29 is 0 Å². The Balaban J connectivity index is 4.92. The van der Waals surface area contributed by atoms with Crippen LogP contribution in [0.2, 0.25) is 0 Å². The molecule has 1 N–H and O–H groups in total. The Morgan fingerprint density at radius 1 is 1.18 bits per heavy atom. The maximum atomic E-state index is 3.67. The molecule has 0 saturated carbocycles. The van der Waals surface area contributed by atoms with Gasteiger partial charge in [0.05, 0.1) is 0 Å². The van der Waals surface area contributed by atoms with Gasteiger partial charge in [-0.15, -0.1) is 0 Å². The first kappa shape index (κ1) is 16.7. The molecule has 0 rings (SSSR count). The number of hydrogen-bond donors (Lipinski definition) is 1. The van der Waals surface area contributed by atoms with Crippen LogP contribution >= 0.6 is 0 Å². The Morgan fingerprint density at radius 2 is 1.71 bits per heavy atom. The van der Waals surface area contributed by atoms with Crippen LogP contribution in [0, 0.1) is 0 Å². The Hall–Kier alpha value is -0.340. The van der Waals surface area contributed by atoms with Gasteiger partial charge in [0.2, 0.25) is 0 Å². The maximum Gasteiger partial charge on any atom is 0.0433 e. The summed E-state index contributed by atoms with van der Waals surface area (Å²) in [5.74, 6) is 0. The van der Waals surface area contributed by atoms with E-state index in [0.717, 1.165) is 19.6 Å². The molecule has 0 heterocycles. The second kappa shape index (κ2) is 7.88. The fourth-order valence-electron chi connectivity index (χ4n) is 2.38. The molecule has 17 heavy (non-hydrogen) atoms. The van der Waals surface area contributed by atoms with Crippen molar-refractivity contribution in [1.82, 2.24) is 10.2 Å². The SMILES string of the molecule is CCCNC(C=C(C)C)C(C)(C)N(CC)CC. The third-order valence-corrected chi connectivity index (χ3v) is 3.45. The highest BCUT2D eigenvalue weighted by Crippen LogP contribution is 2.21. The summed E-state index contributed by atoms with van der Waals surface area (Å²) in [5.41, 5.74) is 1.55. The fraction of sp³-hybridized carbons (Fsp3) is 0.867. The third kappa shape index (κ3) is 5.22. The van der Waals surface area contributed by atoms with Crippen LogP contribution in [0.15, 0.2) is 11.6 Å². The van der Waals surface area contributed by atoms with Crippen LogP contribution in [0.3, 0.4) is 0 Å². The van der Waals surface area contributed by atoms with Gasteiger partial charge in [0.25, 0.3) is 0 Å². The lowest BCUT2D eigenvalue weighted by Gasteiger charge is -2.43. The van der Waals surface area contributed by atoms with Crippen molar-refractivity contribution in [2.75, 3.05) is 19.6 Å². The summed E-state index contributed by atoms with van der Waals surface area (Å²) in [6.45, 7) is 19.0. The van der Waals surface area contributed by atoms with Crippen LogP contribution in [0.1, 0.15) is 54.9 Å². The minimum Gasteiger partial charge on any atom is -0.309 e. The lowest BCUT2D eigenvalue weighted by Crippen LogP contribution is -2.57. The number of likely N-dealkylation sites (N-methyl/N-ethyl adjacent to an activating group) is 1. The van der Waals surface area contributed by atoms with Crippen LogP contribution < -0.4 is 5.32 Å². The monoisotopic (exact) mass is 240 g/mol. The van der Waals surface area contributed by atoms with Crippen molar-refractivity contribution in [1.29, 1.82) is 0 Å². The molecule has 1 atom stereocenters. The molecular formula is C15H32N2. The van der Waals surface area contributed by atoms with Gasteiger partial charge in [-0.3, -0.25) is 4.90 Å².